The van der Waals surface area contributed by atoms with Gasteiger partial charge in [-0.1, -0.05) is 45.9 Å². The number of thiocarbonyl (C=S) groups is 1. The van der Waals surface area contributed by atoms with Gasteiger partial charge in [-0.2, -0.15) is 5.01 Å². The van der Waals surface area contributed by atoms with Gasteiger partial charge in [0, 0.05) is 10.0 Å². The molecule has 0 bridgehead atoms. The number of phenols is 1. The van der Waals surface area contributed by atoms with E-state index >= 15 is 0 Å². The summed E-state index contributed by atoms with van der Waals surface area (Å²) in [4.78, 5) is 25.3. The van der Waals surface area contributed by atoms with Crippen LogP contribution in [0.4, 0.5) is 0 Å². The number of methoxy groups -OCH3 is 1. The Morgan fingerprint density at radius 3 is 2.70 bits per heavy atom. The highest BCUT2D eigenvalue weighted by molar-refractivity contribution is 9.10. The number of ether oxygens (including phenoxy) is 1. The van der Waals surface area contributed by atoms with Crippen molar-refractivity contribution in [3.05, 3.63) is 63.0 Å². The van der Waals surface area contributed by atoms with Crippen LogP contribution in [-0.4, -0.2) is 33.4 Å². The van der Waals surface area contributed by atoms with Crippen LogP contribution in [0.3, 0.4) is 0 Å². The van der Waals surface area contributed by atoms with Crippen molar-refractivity contribution in [3.8, 4) is 11.5 Å². The first-order chi connectivity index (χ1) is 12.9. The zero-order valence-electron chi connectivity index (χ0n) is 13.9. The molecule has 1 saturated heterocycles. The first-order valence-corrected chi connectivity index (χ1v) is 9.63. The van der Waals surface area contributed by atoms with Gasteiger partial charge in [0.1, 0.15) is 0 Å². The number of hydrazine groups is 1. The second kappa shape index (κ2) is 8.12. The second-order valence-corrected chi connectivity index (χ2v) is 7.90. The Morgan fingerprint density at radius 2 is 2.04 bits per heavy atom. The molecule has 0 unspecified atom stereocenters. The smallest absolute Gasteiger partial charge is 0.285 e. The first kappa shape index (κ1) is 19.4. The van der Waals surface area contributed by atoms with Gasteiger partial charge in [0.25, 0.3) is 11.8 Å². The van der Waals surface area contributed by atoms with Gasteiger partial charge in [0.05, 0.1) is 12.0 Å². The van der Waals surface area contributed by atoms with Crippen molar-refractivity contribution in [1.29, 1.82) is 0 Å². The summed E-state index contributed by atoms with van der Waals surface area (Å²) in [5.41, 5.74) is 3.56. The van der Waals surface area contributed by atoms with Crippen LogP contribution in [0, 0.1) is 0 Å². The third-order valence-electron chi connectivity index (χ3n) is 3.63. The predicted molar refractivity (Wildman–Crippen MR) is 111 cm³/mol. The maximum Gasteiger partial charge on any atom is 0.285 e. The van der Waals surface area contributed by atoms with Crippen molar-refractivity contribution >= 4 is 62.1 Å². The average Bonchev–Trinajstić information content (AvgIpc) is 2.92. The van der Waals surface area contributed by atoms with Crippen LogP contribution in [0.5, 0.6) is 11.5 Å². The molecule has 9 heteroatoms. The van der Waals surface area contributed by atoms with E-state index in [0.29, 0.717) is 20.5 Å². The molecule has 1 aliphatic heterocycles. The maximum atomic E-state index is 12.7. The Kier molecular flexibility index (Phi) is 5.83. The van der Waals surface area contributed by atoms with E-state index in [9.17, 15) is 14.7 Å². The third kappa shape index (κ3) is 4.15. The van der Waals surface area contributed by atoms with Crippen LogP contribution in [0.2, 0.25) is 0 Å². The zero-order chi connectivity index (χ0) is 19.6. The SMILES string of the molecule is COc1cc(C=C2SC(=S)N(NC(=O)c3ccccc3)C2=O)c(Br)cc1O. The molecule has 1 heterocycles. The van der Waals surface area contributed by atoms with E-state index in [1.807, 2.05) is 0 Å². The first-order valence-electron chi connectivity index (χ1n) is 7.61. The standard InChI is InChI=1S/C18H13BrN2O4S2/c1-25-14-7-11(12(19)9-13(14)22)8-15-17(24)21(18(26)27-15)20-16(23)10-5-3-2-4-6-10/h2-9,22H,1H3,(H,20,23). The maximum absolute atomic E-state index is 12.7. The minimum absolute atomic E-state index is 0.0239. The molecule has 138 valence electrons. The fourth-order valence-corrected chi connectivity index (χ4v) is 3.91. The van der Waals surface area contributed by atoms with E-state index in [2.05, 4.69) is 21.4 Å². The molecule has 2 aromatic carbocycles. The molecular weight excluding hydrogens is 452 g/mol. The molecule has 0 atom stereocenters. The van der Waals surface area contributed by atoms with Crippen molar-refractivity contribution in [2.45, 2.75) is 0 Å². The summed E-state index contributed by atoms with van der Waals surface area (Å²) >= 11 is 9.63. The summed E-state index contributed by atoms with van der Waals surface area (Å²) < 4.78 is 5.89. The Labute approximate surface area is 173 Å². The quantitative estimate of drug-likeness (QED) is 0.530. The van der Waals surface area contributed by atoms with Crippen molar-refractivity contribution in [2.24, 2.45) is 0 Å². The number of rotatable bonds is 4. The van der Waals surface area contributed by atoms with E-state index in [0.717, 1.165) is 16.8 Å². The van der Waals surface area contributed by atoms with Gasteiger partial charge < -0.3 is 9.84 Å². The summed E-state index contributed by atoms with van der Waals surface area (Å²) in [6.07, 6.45) is 1.61. The number of phenolic OH excluding ortho intramolecular Hbond substituents is 1. The molecular formula is C18H13BrN2O4S2. The number of nitrogens with zero attached hydrogens (tertiary/aromatic N) is 1. The van der Waals surface area contributed by atoms with Gasteiger partial charge in [-0.25, -0.2) is 0 Å². The number of halogens is 1. The summed E-state index contributed by atoms with van der Waals surface area (Å²) in [6.45, 7) is 0. The fourth-order valence-electron chi connectivity index (χ4n) is 2.29. The van der Waals surface area contributed by atoms with E-state index in [4.69, 9.17) is 17.0 Å². The molecule has 0 radical (unpaired) electrons. The van der Waals surface area contributed by atoms with Gasteiger partial charge in [0.2, 0.25) is 0 Å². The van der Waals surface area contributed by atoms with Gasteiger partial charge >= 0.3 is 0 Å². The van der Waals surface area contributed by atoms with Crippen LogP contribution < -0.4 is 10.2 Å². The number of nitrogens with one attached hydrogen (secondary N) is 1. The van der Waals surface area contributed by atoms with Gasteiger partial charge in [-0.3, -0.25) is 15.0 Å². The minimum Gasteiger partial charge on any atom is -0.504 e. The van der Waals surface area contributed by atoms with Crippen molar-refractivity contribution in [3.63, 3.8) is 0 Å². The molecule has 0 spiro atoms. The number of thioether (sulfide) groups is 1. The molecule has 1 aliphatic rings. The van der Waals surface area contributed by atoms with Crippen molar-refractivity contribution in [2.75, 3.05) is 7.11 Å². The molecule has 2 amide bonds. The Morgan fingerprint density at radius 1 is 1.33 bits per heavy atom. The van der Waals surface area contributed by atoms with Crippen LogP contribution in [-0.2, 0) is 4.79 Å². The van der Waals surface area contributed by atoms with Gasteiger partial charge in [-0.05, 0) is 48.1 Å². The lowest BCUT2D eigenvalue weighted by molar-refractivity contribution is -0.123. The van der Waals surface area contributed by atoms with Gasteiger partial charge in [0.15, 0.2) is 15.8 Å². The summed E-state index contributed by atoms with van der Waals surface area (Å²) in [6, 6.07) is 11.6. The monoisotopic (exact) mass is 464 g/mol. The van der Waals surface area contributed by atoms with Crippen molar-refractivity contribution < 1.29 is 19.4 Å². The molecule has 0 aliphatic carbocycles. The Bertz CT molecular complexity index is 963. The molecule has 0 aromatic heterocycles. The lowest BCUT2D eigenvalue weighted by atomic mass is 10.2. The molecule has 1 fully saturated rings. The lowest BCUT2D eigenvalue weighted by Gasteiger charge is -2.15. The number of aromatic hydroxyl groups is 1. The topological polar surface area (TPSA) is 78.9 Å². The van der Waals surface area contributed by atoms with Crippen LogP contribution >= 0.6 is 39.9 Å². The zero-order valence-corrected chi connectivity index (χ0v) is 17.2. The van der Waals surface area contributed by atoms with Crippen molar-refractivity contribution in [1.82, 2.24) is 10.4 Å². The third-order valence-corrected chi connectivity index (χ3v) is 5.62. The average molecular weight is 465 g/mol. The molecule has 0 saturated carbocycles. The second-order valence-electron chi connectivity index (χ2n) is 5.37. The Hall–Kier alpha value is -2.36. The van der Waals surface area contributed by atoms with E-state index in [-0.39, 0.29) is 15.8 Å². The molecule has 2 aromatic rings. The van der Waals surface area contributed by atoms with Crippen LogP contribution in [0.15, 0.2) is 51.8 Å². The Balaban J connectivity index is 1.84. The van der Waals surface area contributed by atoms with E-state index in [1.165, 1.54) is 13.2 Å². The number of carbonyl (C=O) groups excluding carboxylic acids is 2. The molecule has 27 heavy (non-hydrogen) atoms. The summed E-state index contributed by atoms with van der Waals surface area (Å²) in [7, 11) is 1.44. The number of carbonyl (C=O) groups is 2. The molecule has 2 N–H and O–H groups in total. The van der Waals surface area contributed by atoms with E-state index < -0.39 is 11.8 Å². The minimum atomic E-state index is -0.437. The molecule has 3 rings (SSSR count). The molecule has 6 nitrogen and oxygen atoms in total. The number of hydrogen-bond acceptors (Lipinski definition) is 6. The fraction of sp³-hybridized carbons (Fsp3) is 0.0556. The number of amides is 2. The highest BCUT2D eigenvalue weighted by Crippen LogP contribution is 2.37. The van der Waals surface area contributed by atoms with E-state index in [1.54, 1.807) is 42.5 Å². The van der Waals surface area contributed by atoms with Crippen LogP contribution in [0.1, 0.15) is 15.9 Å². The number of benzene rings is 2. The highest BCUT2D eigenvalue weighted by atomic mass is 79.9. The largest absolute Gasteiger partial charge is 0.504 e. The summed E-state index contributed by atoms with van der Waals surface area (Å²) in [5.74, 6) is -0.615. The normalized spacial score (nSPS) is 15.3. The number of hydrogen-bond donors (Lipinski definition) is 2. The van der Waals surface area contributed by atoms with Crippen LogP contribution in [0.25, 0.3) is 6.08 Å². The summed E-state index contributed by atoms with van der Waals surface area (Å²) in [5, 5.41) is 10.8. The lowest BCUT2D eigenvalue weighted by Crippen LogP contribution is -2.44. The predicted octanol–water partition coefficient (Wildman–Crippen LogP) is 3.71. The van der Waals surface area contributed by atoms with Gasteiger partial charge in [-0.15, -0.1) is 0 Å². The highest BCUT2D eigenvalue weighted by Gasteiger charge is 2.34.